The predicted molar refractivity (Wildman–Crippen MR) is 70.2 cm³/mol. The Labute approximate surface area is 109 Å². The third-order valence-electron chi connectivity index (χ3n) is 2.66. The second-order valence-corrected chi connectivity index (χ2v) is 4.90. The van der Waals surface area contributed by atoms with E-state index < -0.39 is 0 Å². The highest BCUT2D eigenvalue weighted by molar-refractivity contribution is 8.14. The summed E-state index contributed by atoms with van der Waals surface area (Å²) in [6.07, 6.45) is 1.32. The van der Waals surface area contributed by atoms with Crippen molar-refractivity contribution in [2.24, 2.45) is 4.99 Å². The van der Waals surface area contributed by atoms with E-state index in [2.05, 4.69) is 49.2 Å². The zero-order valence-corrected chi connectivity index (χ0v) is 10.4. The van der Waals surface area contributed by atoms with Gasteiger partial charge in [0.2, 0.25) is 6.39 Å². The van der Waals surface area contributed by atoms with E-state index >= 15 is 0 Å². The number of hydrogen-bond acceptors (Lipinski definition) is 5. The second kappa shape index (κ2) is 5.22. The van der Waals surface area contributed by atoms with Gasteiger partial charge in [-0.05, 0) is 5.56 Å². The molecule has 1 aromatic carbocycles. The molecule has 1 saturated heterocycles. The normalized spacial score (nSPS) is 21.1. The van der Waals surface area contributed by atoms with E-state index in [1.165, 1.54) is 12.0 Å². The van der Waals surface area contributed by atoms with Crippen molar-refractivity contribution in [3.05, 3.63) is 48.1 Å². The molecule has 1 N–H and O–H groups in total. The van der Waals surface area contributed by atoms with Gasteiger partial charge < -0.3 is 9.84 Å². The summed E-state index contributed by atoms with van der Waals surface area (Å²) in [6, 6.07) is 10.7. The maximum atomic E-state index is 4.66. The van der Waals surface area contributed by atoms with E-state index in [4.69, 9.17) is 0 Å². The summed E-state index contributed by atoms with van der Waals surface area (Å²) in [5.41, 5.74) is 1.29. The molecule has 0 saturated carbocycles. The largest absolute Gasteiger partial charge is 0.357 e. The fourth-order valence-corrected chi connectivity index (χ4v) is 2.74. The first-order chi connectivity index (χ1) is 8.92. The molecule has 2 aromatic rings. The van der Waals surface area contributed by atoms with Crippen LogP contribution in [-0.4, -0.2) is 21.1 Å². The second-order valence-electron chi connectivity index (χ2n) is 3.89. The van der Waals surface area contributed by atoms with E-state index in [0.717, 1.165) is 10.9 Å². The summed E-state index contributed by atoms with van der Waals surface area (Å²) < 4.78 is 4.66. The maximum absolute atomic E-state index is 4.66. The van der Waals surface area contributed by atoms with Crippen LogP contribution in [0.5, 0.6) is 0 Å². The lowest BCUT2D eigenvalue weighted by Crippen LogP contribution is -2.19. The molecule has 5 nitrogen and oxygen atoms in total. The van der Waals surface area contributed by atoms with Gasteiger partial charge in [0, 0.05) is 5.75 Å². The molecule has 1 fully saturated rings. The molecule has 18 heavy (non-hydrogen) atoms. The van der Waals surface area contributed by atoms with E-state index in [-0.39, 0.29) is 0 Å². The van der Waals surface area contributed by atoms with Crippen LogP contribution in [0.4, 0.5) is 0 Å². The molecular formula is C12H12N4OS. The van der Waals surface area contributed by atoms with Gasteiger partial charge >= 0.3 is 0 Å². The van der Waals surface area contributed by atoms with Crippen LogP contribution in [0.25, 0.3) is 0 Å². The average molecular weight is 260 g/mol. The van der Waals surface area contributed by atoms with E-state index in [9.17, 15) is 0 Å². The molecule has 2 heterocycles. The Bertz CT molecular complexity index is 526. The smallest absolute Gasteiger partial charge is 0.213 e. The van der Waals surface area contributed by atoms with Crippen LogP contribution in [0.2, 0.25) is 0 Å². The molecule has 92 valence electrons. The van der Waals surface area contributed by atoms with Crippen molar-refractivity contribution >= 4 is 16.9 Å². The number of aromatic nitrogens is 2. The molecule has 6 heteroatoms. The van der Waals surface area contributed by atoms with E-state index in [1.807, 2.05) is 6.07 Å². The molecule has 0 spiro atoms. The van der Waals surface area contributed by atoms with Crippen molar-refractivity contribution < 1.29 is 4.52 Å². The quantitative estimate of drug-likeness (QED) is 0.914. The number of amidine groups is 1. The summed E-state index contributed by atoms with van der Waals surface area (Å²) >= 11 is 1.72. The van der Waals surface area contributed by atoms with Gasteiger partial charge in [-0.25, -0.2) is 0 Å². The van der Waals surface area contributed by atoms with Gasteiger partial charge in [-0.15, -0.1) is 0 Å². The Hall–Kier alpha value is -1.82. The van der Waals surface area contributed by atoms with E-state index in [0.29, 0.717) is 18.4 Å². The number of hydrogen-bond donors (Lipinski definition) is 1. The number of nitrogens with one attached hydrogen (secondary N) is 1. The molecule has 3 rings (SSSR count). The lowest BCUT2D eigenvalue weighted by Gasteiger charge is -2.09. The fourth-order valence-electron chi connectivity index (χ4n) is 1.76. The fraction of sp³-hybridized carbons (Fsp3) is 0.250. The van der Waals surface area contributed by atoms with Gasteiger partial charge in [0.15, 0.2) is 11.0 Å². The summed E-state index contributed by atoms with van der Waals surface area (Å²) in [5, 5.41) is 8.06. The van der Waals surface area contributed by atoms with Crippen LogP contribution in [0.3, 0.4) is 0 Å². The lowest BCUT2D eigenvalue weighted by molar-refractivity contribution is 0.410. The molecule has 0 radical (unpaired) electrons. The first-order valence-electron chi connectivity index (χ1n) is 5.66. The van der Waals surface area contributed by atoms with Gasteiger partial charge in [-0.2, -0.15) is 4.98 Å². The molecule has 1 atom stereocenters. The minimum absolute atomic E-state index is 0.334. The Morgan fingerprint density at radius 3 is 3.06 bits per heavy atom. The minimum Gasteiger partial charge on any atom is -0.357 e. The SMILES string of the molecule is c1ccc(C2CSC(=NCc3ncon3)N2)cc1. The molecule has 0 amide bonds. The van der Waals surface area contributed by atoms with Crippen LogP contribution >= 0.6 is 11.8 Å². The standard InChI is InChI=1S/C12H12N4OS/c1-2-4-9(5-3-1)10-7-18-12(15-10)13-6-11-14-8-17-16-11/h1-5,8,10H,6-7H2,(H,13,15). The Kier molecular flexibility index (Phi) is 3.27. The highest BCUT2D eigenvalue weighted by Gasteiger charge is 2.21. The van der Waals surface area contributed by atoms with Crippen LogP contribution in [0.15, 0.2) is 46.2 Å². The summed E-state index contributed by atoms with van der Waals surface area (Å²) in [4.78, 5) is 8.36. The van der Waals surface area contributed by atoms with Gasteiger partial charge in [0.05, 0.1) is 6.04 Å². The van der Waals surface area contributed by atoms with Crippen molar-refractivity contribution in [1.29, 1.82) is 0 Å². The molecule has 1 aliphatic heterocycles. The van der Waals surface area contributed by atoms with Crippen LogP contribution in [-0.2, 0) is 6.54 Å². The highest BCUT2D eigenvalue weighted by atomic mass is 32.2. The summed E-state index contributed by atoms with van der Waals surface area (Å²) in [7, 11) is 0. The highest BCUT2D eigenvalue weighted by Crippen LogP contribution is 2.25. The van der Waals surface area contributed by atoms with Gasteiger partial charge in [0.1, 0.15) is 6.54 Å². The first-order valence-corrected chi connectivity index (χ1v) is 6.64. The van der Waals surface area contributed by atoms with Crippen molar-refractivity contribution in [2.45, 2.75) is 12.6 Å². The van der Waals surface area contributed by atoms with Crippen molar-refractivity contribution in [2.75, 3.05) is 5.75 Å². The van der Waals surface area contributed by atoms with Gasteiger partial charge in [-0.1, -0.05) is 47.3 Å². The zero-order chi connectivity index (χ0) is 12.2. The predicted octanol–water partition coefficient (Wildman–Crippen LogP) is 2.00. The molecule has 1 aliphatic rings. The lowest BCUT2D eigenvalue weighted by atomic mass is 10.1. The zero-order valence-electron chi connectivity index (χ0n) is 9.61. The van der Waals surface area contributed by atoms with Crippen molar-refractivity contribution in [3.8, 4) is 0 Å². The van der Waals surface area contributed by atoms with Crippen molar-refractivity contribution in [1.82, 2.24) is 15.5 Å². The Balaban J connectivity index is 1.63. The number of aliphatic imine (C=N–C) groups is 1. The minimum atomic E-state index is 0.334. The summed E-state index contributed by atoms with van der Waals surface area (Å²) in [5.74, 6) is 1.60. The number of rotatable bonds is 3. The van der Waals surface area contributed by atoms with Crippen LogP contribution in [0.1, 0.15) is 17.4 Å². The molecule has 0 aliphatic carbocycles. The third-order valence-corrected chi connectivity index (χ3v) is 3.68. The first kappa shape index (κ1) is 11.3. The Morgan fingerprint density at radius 2 is 2.28 bits per heavy atom. The average Bonchev–Trinajstić information content (AvgIpc) is 3.09. The van der Waals surface area contributed by atoms with Crippen LogP contribution < -0.4 is 5.32 Å². The third kappa shape index (κ3) is 2.53. The monoisotopic (exact) mass is 260 g/mol. The van der Waals surface area contributed by atoms with Crippen molar-refractivity contribution in [3.63, 3.8) is 0 Å². The maximum Gasteiger partial charge on any atom is 0.213 e. The van der Waals surface area contributed by atoms with Gasteiger partial charge in [-0.3, -0.25) is 4.99 Å². The number of benzene rings is 1. The topological polar surface area (TPSA) is 63.3 Å². The van der Waals surface area contributed by atoms with E-state index in [1.54, 1.807) is 11.8 Å². The molecule has 0 bridgehead atoms. The number of nitrogens with zero attached hydrogens (tertiary/aromatic N) is 3. The Morgan fingerprint density at radius 1 is 1.39 bits per heavy atom. The molecule has 1 unspecified atom stereocenters. The number of thioether (sulfide) groups is 1. The van der Waals surface area contributed by atoms with Crippen LogP contribution in [0, 0.1) is 0 Å². The molecular weight excluding hydrogens is 248 g/mol. The summed E-state index contributed by atoms with van der Waals surface area (Å²) in [6.45, 7) is 0.452. The van der Waals surface area contributed by atoms with Gasteiger partial charge in [0.25, 0.3) is 0 Å². The molecule has 1 aromatic heterocycles.